The van der Waals surface area contributed by atoms with E-state index in [2.05, 4.69) is 37.0 Å². The maximum atomic E-state index is 8.67. The van der Waals surface area contributed by atoms with Crippen LogP contribution >= 0.6 is 0 Å². The molecule has 1 rings (SSSR count). The number of oxime groups is 1. The first-order valence-corrected chi connectivity index (χ1v) is 5.82. The zero-order valence-electron chi connectivity index (χ0n) is 10.9. The summed E-state index contributed by atoms with van der Waals surface area (Å²) in [7, 11) is 2.08. The lowest BCUT2D eigenvalue weighted by Gasteiger charge is -2.26. The van der Waals surface area contributed by atoms with Gasteiger partial charge < -0.3 is 15.8 Å². The van der Waals surface area contributed by atoms with Crippen molar-refractivity contribution in [3.05, 3.63) is 29.3 Å². The van der Waals surface area contributed by atoms with Gasteiger partial charge in [-0.2, -0.15) is 0 Å². The monoisotopic (exact) mass is 235 g/mol. The number of hydrogen-bond donors (Lipinski definition) is 2. The third kappa shape index (κ3) is 2.90. The molecule has 17 heavy (non-hydrogen) atoms. The van der Waals surface area contributed by atoms with Gasteiger partial charge >= 0.3 is 0 Å². The molecule has 0 aromatic heterocycles. The van der Waals surface area contributed by atoms with Gasteiger partial charge in [-0.25, -0.2) is 0 Å². The summed E-state index contributed by atoms with van der Waals surface area (Å²) in [6, 6.07) is 6.43. The molecule has 0 amide bonds. The quantitative estimate of drug-likeness (QED) is 0.364. The van der Waals surface area contributed by atoms with E-state index in [4.69, 9.17) is 10.9 Å². The Morgan fingerprint density at radius 2 is 2.18 bits per heavy atom. The molecule has 4 nitrogen and oxygen atoms in total. The molecule has 0 aliphatic rings. The molecular formula is C13H21N3O. The largest absolute Gasteiger partial charge is 0.409 e. The predicted octanol–water partition coefficient (Wildman–Crippen LogP) is 2.32. The second kappa shape index (κ2) is 5.57. The first-order valence-electron chi connectivity index (χ1n) is 5.82. The van der Waals surface area contributed by atoms with Gasteiger partial charge in [-0.15, -0.1) is 0 Å². The number of benzene rings is 1. The maximum Gasteiger partial charge on any atom is 0.170 e. The summed E-state index contributed by atoms with van der Waals surface area (Å²) in [5.41, 5.74) is 8.52. The molecule has 1 aromatic rings. The number of rotatable bonds is 4. The summed E-state index contributed by atoms with van der Waals surface area (Å²) in [4.78, 5) is 2.23. The molecule has 0 radical (unpaired) electrons. The van der Waals surface area contributed by atoms with Crippen molar-refractivity contribution in [1.29, 1.82) is 0 Å². The average Bonchev–Trinajstić information content (AvgIpc) is 2.35. The van der Waals surface area contributed by atoms with Crippen LogP contribution in [-0.2, 0) is 0 Å². The Kier molecular flexibility index (Phi) is 4.37. The summed E-state index contributed by atoms with van der Waals surface area (Å²) in [5.74, 6) is 0.153. The zero-order valence-corrected chi connectivity index (χ0v) is 10.9. The Morgan fingerprint density at radius 3 is 2.65 bits per heavy atom. The lowest BCUT2D eigenvalue weighted by atomic mass is 10.1. The zero-order chi connectivity index (χ0) is 13.0. The number of anilines is 1. The minimum Gasteiger partial charge on any atom is -0.409 e. The van der Waals surface area contributed by atoms with Crippen LogP contribution in [0.5, 0.6) is 0 Å². The molecule has 1 unspecified atom stereocenters. The molecule has 0 aliphatic carbocycles. The van der Waals surface area contributed by atoms with Crippen LogP contribution in [0.2, 0.25) is 0 Å². The van der Waals surface area contributed by atoms with Crippen molar-refractivity contribution in [2.75, 3.05) is 11.9 Å². The molecule has 4 heteroatoms. The van der Waals surface area contributed by atoms with Crippen molar-refractivity contribution < 1.29 is 5.21 Å². The Bertz CT molecular complexity index is 415. The van der Waals surface area contributed by atoms with Gasteiger partial charge in [0.25, 0.3) is 0 Å². The maximum absolute atomic E-state index is 8.67. The fourth-order valence-corrected chi connectivity index (χ4v) is 1.74. The normalized spacial score (nSPS) is 13.5. The van der Waals surface area contributed by atoms with E-state index in [0.29, 0.717) is 6.04 Å². The van der Waals surface area contributed by atoms with Crippen LogP contribution in [0.15, 0.2) is 23.4 Å². The van der Waals surface area contributed by atoms with Crippen LogP contribution in [0.1, 0.15) is 31.4 Å². The van der Waals surface area contributed by atoms with E-state index in [0.717, 1.165) is 23.2 Å². The molecule has 1 aromatic carbocycles. The van der Waals surface area contributed by atoms with Crippen LogP contribution in [0.3, 0.4) is 0 Å². The molecule has 0 spiro atoms. The second-order valence-electron chi connectivity index (χ2n) is 4.35. The SMILES string of the molecule is CCC(C)N(C)c1ccc(/C(N)=N/O)c(C)c1. The summed E-state index contributed by atoms with van der Waals surface area (Å²) in [5, 5.41) is 11.7. The minimum atomic E-state index is 0.153. The van der Waals surface area contributed by atoms with E-state index in [9.17, 15) is 0 Å². The molecule has 3 N–H and O–H groups in total. The van der Waals surface area contributed by atoms with Crippen LogP contribution in [0, 0.1) is 6.92 Å². The van der Waals surface area contributed by atoms with Gasteiger partial charge in [0.05, 0.1) is 0 Å². The third-order valence-corrected chi connectivity index (χ3v) is 3.25. The average molecular weight is 235 g/mol. The first kappa shape index (κ1) is 13.4. The smallest absolute Gasteiger partial charge is 0.170 e. The van der Waals surface area contributed by atoms with E-state index < -0.39 is 0 Å². The van der Waals surface area contributed by atoms with Crippen molar-refractivity contribution in [2.24, 2.45) is 10.9 Å². The molecule has 0 bridgehead atoms. The van der Waals surface area contributed by atoms with Crippen LogP contribution in [-0.4, -0.2) is 24.1 Å². The van der Waals surface area contributed by atoms with Gasteiger partial charge in [0.2, 0.25) is 0 Å². The molecule has 0 saturated heterocycles. The number of nitrogens with two attached hydrogens (primary N) is 1. The van der Waals surface area contributed by atoms with Crippen molar-refractivity contribution in [1.82, 2.24) is 0 Å². The molecule has 0 fully saturated rings. The third-order valence-electron chi connectivity index (χ3n) is 3.25. The first-order chi connectivity index (χ1) is 8.01. The Morgan fingerprint density at radius 1 is 1.53 bits per heavy atom. The van der Waals surface area contributed by atoms with Crippen molar-refractivity contribution in [3.63, 3.8) is 0 Å². The van der Waals surface area contributed by atoms with Crippen LogP contribution < -0.4 is 10.6 Å². The lowest BCUT2D eigenvalue weighted by molar-refractivity contribution is 0.318. The summed E-state index contributed by atoms with van der Waals surface area (Å²) in [6.45, 7) is 6.31. The van der Waals surface area contributed by atoms with Gasteiger partial charge in [-0.3, -0.25) is 0 Å². The highest BCUT2D eigenvalue weighted by Gasteiger charge is 2.10. The summed E-state index contributed by atoms with van der Waals surface area (Å²) < 4.78 is 0. The Labute approximate surface area is 103 Å². The topological polar surface area (TPSA) is 61.8 Å². The van der Waals surface area contributed by atoms with Gasteiger partial charge in [-0.05, 0) is 44.0 Å². The van der Waals surface area contributed by atoms with Crippen LogP contribution in [0.4, 0.5) is 5.69 Å². The summed E-state index contributed by atoms with van der Waals surface area (Å²) in [6.07, 6.45) is 1.09. The van der Waals surface area contributed by atoms with Gasteiger partial charge in [-0.1, -0.05) is 12.1 Å². The van der Waals surface area contributed by atoms with Crippen LogP contribution in [0.25, 0.3) is 0 Å². The number of hydrogen-bond acceptors (Lipinski definition) is 3. The van der Waals surface area contributed by atoms with Crippen molar-refractivity contribution >= 4 is 11.5 Å². The van der Waals surface area contributed by atoms with E-state index in [1.165, 1.54) is 0 Å². The van der Waals surface area contributed by atoms with E-state index in [1.54, 1.807) is 0 Å². The van der Waals surface area contributed by atoms with E-state index in [1.807, 2.05) is 19.1 Å². The lowest BCUT2D eigenvalue weighted by Crippen LogP contribution is -2.28. The number of aryl methyl sites for hydroxylation is 1. The van der Waals surface area contributed by atoms with Gasteiger partial charge in [0, 0.05) is 24.3 Å². The molecule has 0 saturated carbocycles. The second-order valence-corrected chi connectivity index (χ2v) is 4.35. The Balaban J connectivity index is 3.04. The summed E-state index contributed by atoms with van der Waals surface area (Å²) >= 11 is 0. The standard InChI is InChI=1S/C13H21N3O/c1-5-10(3)16(4)11-6-7-12(9(2)8-11)13(14)15-17/h6-8,10,17H,5H2,1-4H3,(H2,14,15). The molecule has 94 valence electrons. The Hall–Kier alpha value is -1.71. The highest BCUT2D eigenvalue weighted by Crippen LogP contribution is 2.20. The molecule has 0 aliphatic heterocycles. The highest BCUT2D eigenvalue weighted by molar-refractivity contribution is 5.98. The van der Waals surface area contributed by atoms with Crippen molar-refractivity contribution in [3.8, 4) is 0 Å². The highest BCUT2D eigenvalue weighted by atomic mass is 16.4. The van der Waals surface area contributed by atoms with E-state index in [-0.39, 0.29) is 5.84 Å². The number of amidine groups is 1. The molecular weight excluding hydrogens is 214 g/mol. The number of nitrogens with zero attached hydrogens (tertiary/aromatic N) is 2. The molecule has 0 heterocycles. The van der Waals surface area contributed by atoms with E-state index >= 15 is 0 Å². The van der Waals surface area contributed by atoms with Crippen molar-refractivity contribution in [2.45, 2.75) is 33.2 Å². The molecule has 1 atom stereocenters. The fourth-order valence-electron chi connectivity index (χ4n) is 1.74. The van der Waals surface area contributed by atoms with Gasteiger partial charge in [0.15, 0.2) is 5.84 Å². The van der Waals surface area contributed by atoms with Gasteiger partial charge in [0.1, 0.15) is 0 Å². The predicted molar refractivity (Wildman–Crippen MR) is 71.8 cm³/mol. The minimum absolute atomic E-state index is 0.153. The fraction of sp³-hybridized carbons (Fsp3) is 0.462.